The van der Waals surface area contributed by atoms with Crippen LogP contribution in [-0.2, 0) is 6.54 Å². The van der Waals surface area contributed by atoms with Gasteiger partial charge in [-0.3, -0.25) is 10.1 Å². The molecule has 168 valence electrons. The first-order valence-corrected chi connectivity index (χ1v) is 9.31. The number of non-ortho nitro benzene ring substituents is 1. The number of nitro benzene ring substituents is 1. The lowest BCUT2D eigenvalue weighted by Crippen LogP contribution is -2.17. The fourth-order valence-electron chi connectivity index (χ4n) is 2.76. The van der Waals surface area contributed by atoms with Crippen LogP contribution in [0.4, 0.5) is 30.6 Å². The van der Waals surface area contributed by atoms with Gasteiger partial charge in [-0.05, 0) is 17.7 Å². The number of aromatic nitrogens is 2. The molecule has 3 rings (SSSR count). The third-order valence-electron chi connectivity index (χ3n) is 4.08. The van der Waals surface area contributed by atoms with Gasteiger partial charge in [0, 0.05) is 36.9 Å². The predicted octanol–water partition coefficient (Wildman–Crippen LogP) is 3.97. The van der Waals surface area contributed by atoms with Gasteiger partial charge in [0.25, 0.3) is 5.69 Å². The van der Waals surface area contributed by atoms with Crippen LogP contribution in [0.5, 0.6) is 5.75 Å². The second-order valence-electron chi connectivity index (χ2n) is 6.47. The Morgan fingerprint density at radius 2 is 1.84 bits per heavy atom. The first kappa shape index (κ1) is 22.7. The molecule has 3 N–H and O–H groups in total. The largest absolute Gasteiger partial charge is 0.573 e. The molecule has 2 aromatic carbocycles. The van der Waals surface area contributed by atoms with Crippen molar-refractivity contribution in [3.05, 3.63) is 70.3 Å². The Morgan fingerprint density at radius 3 is 2.56 bits per heavy atom. The summed E-state index contributed by atoms with van der Waals surface area (Å²) in [6.45, 7) is 0.179. The number of ether oxygens (including phenoxy) is 1. The molecule has 9 nitrogen and oxygen atoms in total. The molecular weight excluding hydrogens is 431 g/mol. The van der Waals surface area contributed by atoms with Gasteiger partial charge in [0.2, 0.25) is 5.95 Å². The van der Waals surface area contributed by atoms with Gasteiger partial charge in [-0.15, -0.1) is 13.2 Å². The summed E-state index contributed by atoms with van der Waals surface area (Å²) in [5.41, 5.74) is 1.22. The van der Waals surface area contributed by atoms with Gasteiger partial charge in [0.1, 0.15) is 11.6 Å². The maximum Gasteiger partial charge on any atom is 0.573 e. The van der Waals surface area contributed by atoms with E-state index >= 15 is 0 Å². The zero-order chi connectivity index (χ0) is 23.1. The number of halogens is 3. The van der Waals surface area contributed by atoms with Crippen molar-refractivity contribution in [1.82, 2.24) is 9.97 Å². The summed E-state index contributed by atoms with van der Waals surface area (Å²) < 4.78 is 41.6. The molecule has 12 heteroatoms. The van der Waals surface area contributed by atoms with Crippen molar-refractivity contribution in [3.63, 3.8) is 0 Å². The number of aliphatic hydroxyl groups is 1. The first-order chi connectivity index (χ1) is 15.2. The van der Waals surface area contributed by atoms with Crippen LogP contribution in [0.2, 0.25) is 0 Å². The molecule has 0 aliphatic carbocycles. The molecule has 0 aliphatic heterocycles. The second-order valence-corrected chi connectivity index (χ2v) is 6.47. The molecule has 1 aromatic heterocycles. The highest BCUT2D eigenvalue weighted by Gasteiger charge is 2.31. The highest BCUT2D eigenvalue weighted by Crippen LogP contribution is 2.28. The molecule has 0 bridgehead atoms. The van der Waals surface area contributed by atoms with Gasteiger partial charge < -0.3 is 20.5 Å². The van der Waals surface area contributed by atoms with E-state index in [0.29, 0.717) is 22.6 Å². The van der Waals surface area contributed by atoms with Crippen molar-refractivity contribution in [3.8, 4) is 17.0 Å². The summed E-state index contributed by atoms with van der Waals surface area (Å²) in [5, 5.41) is 25.8. The predicted molar refractivity (Wildman–Crippen MR) is 110 cm³/mol. The Labute approximate surface area is 180 Å². The number of hydrogen-bond acceptors (Lipinski definition) is 8. The summed E-state index contributed by atoms with van der Waals surface area (Å²) >= 11 is 0. The number of nitro groups is 1. The lowest BCUT2D eigenvalue weighted by molar-refractivity contribution is -0.384. The van der Waals surface area contributed by atoms with E-state index in [9.17, 15) is 23.3 Å². The molecule has 0 aliphatic rings. The third-order valence-corrected chi connectivity index (χ3v) is 4.08. The molecule has 0 spiro atoms. The number of rotatable bonds is 9. The van der Waals surface area contributed by atoms with Crippen LogP contribution in [-0.4, -0.2) is 39.5 Å². The topological polar surface area (TPSA) is 122 Å². The minimum absolute atomic E-state index is 0.0561. The molecule has 0 atom stereocenters. The number of nitrogens with zero attached hydrogens (tertiary/aromatic N) is 3. The molecule has 32 heavy (non-hydrogen) atoms. The Balaban J connectivity index is 1.87. The van der Waals surface area contributed by atoms with Crippen LogP contribution in [0.25, 0.3) is 11.3 Å². The van der Waals surface area contributed by atoms with Crippen molar-refractivity contribution < 1.29 is 27.9 Å². The Morgan fingerprint density at radius 1 is 1.06 bits per heavy atom. The van der Waals surface area contributed by atoms with E-state index in [1.54, 1.807) is 18.2 Å². The molecule has 0 unspecified atom stereocenters. The molecule has 3 aromatic rings. The van der Waals surface area contributed by atoms with Crippen LogP contribution in [0.3, 0.4) is 0 Å². The zero-order valence-corrected chi connectivity index (χ0v) is 16.5. The van der Waals surface area contributed by atoms with Crippen molar-refractivity contribution in [2.24, 2.45) is 0 Å². The number of anilines is 2. The number of hydrogen-bond donors (Lipinski definition) is 3. The second kappa shape index (κ2) is 9.92. The van der Waals surface area contributed by atoms with E-state index in [1.165, 1.54) is 36.4 Å². The molecule has 1 heterocycles. The van der Waals surface area contributed by atoms with Gasteiger partial charge in [-0.2, -0.15) is 4.98 Å². The van der Waals surface area contributed by atoms with Crippen molar-refractivity contribution in [1.29, 1.82) is 0 Å². The molecule has 0 amide bonds. The average Bonchev–Trinajstić information content (AvgIpc) is 2.75. The SMILES string of the molecule is O=[N+]([O-])c1cccc(CNc2cc(-c3cccc(OC(F)(F)F)c3)nc(NCCO)n2)c1. The minimum Gasteiger partial charge on any atom is -0.406 e. The lowest BCUT2D eigenvalue weighted by Gasteiger charge is -2.13. The van der Waals surface area contributed by atoms with Gasteiger partial charge in [-0.25, -0.2) is 4.98 Å². The van der Waals surface area contributed by atoms with Gasteiger partial charge in [-0.1, -0.05) is 24.3 Å². The summed E-state index contributed by atoms with van der Waals surface area (Å²) in [5.74, 6) is 0.0638. The highest BCUT2D eigenvalue weighted by molar-refractivity contribution is 5.66. The van der Waals surface area contributed by atoms with E-state index in [-0.39, 0.29) is 31.3 Å². The van der Waals surface area contributed by atoms with Crippen LogP contribution < -0.4 is 15.4 Å². The smallest absolute Gasteiger partial charge is 0.406 e. The molecule has 0 radical (unpaired) electrons. The van der Waals surface area contributed by atoms with E-state index in [2.05, 4.69) is 25.3 Å². The standard InChI is InChI=1S/C20H18F3N5O4/c21-20(22,23)32-16-6-2-4-14(10-16)17-11-18(27-19(26-17)24-7-8-29)25-12-13-3-1-5-15(9-13)28(30)31/h1-6,9-11,29H,7-8,12H2,(H2,24,25,26,27). The Hall–Kier alpha value is -3.93. The first-order valence-electron chi connectivity index (χ1n) is 9.31. The van der Waals surface area contributed by atoms with Crippen molar-refractivity contribution >= 4 is 17.5 Å². The molecular formula is C20H18F3N5O4. The quantitative estimate of drug-likeness (QED) is 0.331. The zero-order valence-electron chi connectivity index (χ0n) is 16.5. The highest BCUT2D eigenvalue weighted by atomic mass is 19.4. The minimum atomic E-state index is -4.83. The van der Waals surface area contributed by atoms with E-state index in [0.717, 1.165) is 0 Å². The normalized spacial score (nSPS) is 11.1. The summed E-state index contributed by atoms with van der Waals surface area (Å²) in [6.07, 6.45) is -4.83. The fraction of sp³-hybridized carbons (Fsp3) is 0.200. The number of alkyl halides is 3. The maximum absolute atomic E-state index is 12.5. The van der Waals surface area contributed by atoms with Crippen LogP contribution in [0.15, 0.2) is 54.6 Å². The maximum atomic E-state index is 12.5. The van der Waals surface area contributed by atoms with E-state index in [1.807, 2.05) is 0 Å². The number of benzene rings is 2. The third kappa shape index (κ3) is 6.54. The number of aliphatic hydroxyl groups excluding tert-OH is 1. The fourth-order valence-corrected chi connectivity index (χ4v) is 2.76. The molecule has 0 saturated heterocycles. The summed E-state index contributed by atoms with van der Waals surface area (Å²) in [6, 6.07) is 12.9. The van der Waals surface area contributed by atoms with Crippen molar-refractivity contribution in [2.45, 2.75) is 12.9 Å². The van der Waals surface area contributed by atoms with E-state index < -0.39 is 17.0 Å². The van der Waals surface area contributed by atoms with E-state index in [4.69, 9.17) is 5.11 Å². The monoisotopic (exact) mass is 449 g/mol. The lowest BCUT2D eigenvalue weighted by atomic mass is 10.1. The van der Waals surface area contributed by atoms with Crippen LogP contribution in [0.1, 0.15) is 5.56 Å². The Bertz CT molecular complexity index is 1090. The Kier molecular flexibility index (Phi) is 7.05. The van der Waals surface area contributed by atoms with Crippen LogP contribution in [0, 0.1) is 10.1 Å². The molecule has 0 fully saturated rings. The van der Waals surface area contributed by atoms with Gasteiger partial charge in [0.05, 0.1) is 17.2 Å². The van der Waals surface area contributed by atoms with Gasteiger partial charge >= 0.3 is 6.36 Å². The number of nitrogens with one attached hydrogen (secondary N) is 2. The van der Waals surface area contributed by atoms with Gasteiger partial charge in [0.15, 0.2) is 0 Å². The average molecular weight is 449 g/mol. The van der Waals surface area contributed by atoms with Crippen LogP contribution >= 0.6 is 0 Å². The van der Waals surface area contributed by atoms with Crippen molar-refractivity contribution in [2.75, 3.05) is 23.8 Å². The molecule has 0 saturated carbocycles. The summed E-state index contributed by atoms with van der Waals surface area (Å²) in [4.78, 5) is 19.0. The summed E-state index contributed by atoms with van der Waals surface area (Å²) in [7, 11) is 0.